The summed E-state index contributed by atoms with van der Waals surface area (Å²) in [6.07, 6.45) is 3.89. The summed E-state index contributed by atoms with van der Waals surface area (Å²) >= 11 is 0. The van der Waals surface area contributed by atoms with Crippen molar-refractivity contribution in [2.75, 3.05) is 261 Å². The lowest BCUT2D eigenvalue weighted by Gasteiger charge is -2.33. The lowest BCUT2D eigenvalue weighted by Crippen LogP contribution is -2.60. The van der Waals surface area contributed by atoms with Crippen LogP contribution in [0.4, 0.5) is 4.79 Å². The third-order valence-electron chi connectivity index (χ3n) is 14.8. The molecule has 0 bridgehead atoms. The third kappa shape index (κ3) is 45.1. The van der Waals surface area contributed by atoms with Gasteiger partial charge < -0.3 is 137 Å². The second-order valence-corrected chi connectivity index (χ2v) is 24.2. The molecule has 0 atom stereocenters. The van der Waals surface area contributed by atoms with Crippen LogP contribution in [0.3, 0.4) is 0 Å². The van der Waals surface area contributed by atoms with Crippen molar-refractivity contribution in [3.63, 3.8) is 0 Å². The molecule has 0 unspecified atom stereocenters. The number of rotatable bonds is 66. The molecule has 0 heterocycles. The number of urea groups is 1. The summed E-state index contributed by atoms with van der Waals surface area (Å²) in [7, 11) is 16.7. The van der Waals surface area contributed by atoms with Crippen molar-refractivity contribution in [2.45, 2.75) is 50.5 Å². The maximum absolute atomic E-state index is 13.3. The van der Waals surface area contributed by atoms with Gasteiger partial charge in [-0.15, -0.1) is 0 Å². The monoisotopic (exact) mass is 1460 g/mol. The van der Waals surface area contributed by atoms with E-state index in [0.717, 1.165) is 38.9 Å². The molecule has 0 fully saturated rings. The summed E-state index contributed by atoms with van der Waals surface area (Å²) < 4.78 is 70.9. The number of hydrogen-bond donors (Lipinski definition) is 15. The van der Waals surface area contributed by atoms with E-state index in [-0.39, 0.29) is 83.6 Å². The number of nitrogens with one attached hydrogen (secondary N) is 13. The van der Waals surface area contributed by atoms with E-state index in [1.54, 1.807) is 54.6 Å². The highest BCUT2D eigenvalue weighted by Gasteiger charge is 2.35. The molecule has 6 amide bonds. The first kappa shape index (κ1) is 92.1. The fourth-order valence-corrected chi connectivity index (χ4v) is 9.53. The standard InChI is InChI=1S/C54H88N10O13.C17H39N5O4/c1-56-13-22-72-44-28-41(29-45(34-44)73-23-14-57-2)51(66)62-10-7-19-69-38-54(37-50(55)65,39-70-20-8-11-63-52(67)42-30-46(74-24-15-58-3)35-47(31-42)75-25-16-59-4)40-71-21-9-12-64-53(68)43-32-48(76-26-17-60-5)36-49(33-43)77-27-18-61-6;1-19-7-4-10-24-13-17(22-16(18)23,14-25-11-5-8-20-2)15-26-12-6-9-21-3/h28-36,56-61H,7-27,37-40H2,1-6H3,(H2,55,65)(H,62,66)(H,63,67)(H,64,68);19-21H,4-15H2,1-3H3,(H3,18,22,23). The molecule has 0 aromatic heterocycles. The first-order valence-electron chi connectivity index (χ1n) is 35.8. The maximum Gasteiger partial charge on any atom is 0.312 e. The highest BCUT2D eigenvalue weighted by atomic mass is 16.5. The Morgan fingerprint density at radius 2 is 0.524 bits per heavy atom. The SMILES string of the molecule is CNCCCOCC(COCCCNC)(COCCCNC)NC(N)=O.CNCCOc1cc(OCCNC)cc(C(=O)NCCCOCC(COCCCNC(=O)c2cc(OCCNC)cc(OCCNC)c2)(COCCCNC(=O)c2cc(OCCNC)cc(OCCNC)c2)CC(N)=O)c1. The second-order valence-electron chi connectivity index (χ2n) is 24.2. The van der Waals surface area contributed by atoms with Crippen LogP contribution in [-0.4, -0.2) is 296 Å². The van der Waals surface area contributed by atoms with Crippen molar-refractivity contribution in [3.05, 3.63) is 71.3 Å². The van der Waals surface area contributed by atoms with Crippen LogP contribution in [0.5, 0.6) is 34.5 Å². The predicted octanol–water partition coefficient (Wildman–Crippen LogP) is 0.219. The minimum absolute atomic E-state index is 0.0492. The molecule has 3 aromatic carbocycles. The Bertz CT molecular complexity index is 2370. The van der Waals surface area contributed by atoms with Crippen molar-refractivity contribution in [2.24, 2.45) is 16.9 Å². The van der Waals surface area contributed by atoms with Gasteiger partial charge in [-0.25, -0.2) is 4.79 Å². The molecule has 588 valence electrons. The molecule has 103 heavy (non-hydrogen) atoms. The molecule has 0 aliphatic carbocycles. The highest BCUT2D eigenvalue weighted by molar-refractivity contribution is 5.96. The highest BCUT2D eigenvalue weighted by Crippen LogP contribution is 2.28. The van der Waals surface area contributed by atoms with E-state index in [1.165, 1.54) is 0 Å². The average molecular weight is 1460 g/mol. The van der Waals surface area contributed by atoms with E-state index in [2.05, 4.69) is 69.1 Å². The topological polar surface area (TPSA) is 405 Å². The Hall–Kier alpha value is -6.99. The van der Waals surface area contributed by atoms with Crippen LogP contribution in [0.1, 0.15) is 76.0 Å². The van der Waals surface area contributed by atoms with Gasteiger partial charge in [0.25, 0.3) is 17.7 Å². The molecule has 32 heteroatoms. The van der Waals surface area contributed by atoms with Gasteiger partial charge in [-0.05, 0) is 158 Å². The Balaban J connectivity index is 0.00000117. The van der Waals surface area contributed by atoms with Crippen molar-refractivity contribution in [3.8, 4) is 34.5 Å². The number of benzene rings is 3. The molecule has 3 aromatic rings. The van der Waals surface area contributed by atoms with Gasteiger partial charge in [0.2, 0.25) is 5.91 Å². The van der Waals surface area contributed by atoms with E-state index in [0.29, 0.717) is 189 Å². The molecule has 0 saturated carbocycles. The summed E-state index contributed by atoms with van der Waals surface area (Å²) in [5.74, 6) is 1.61. The fraction of sp³-hybridized carbons (Fsp3) is 0.676. The van der Waals surface area contributed by atoms with Crippen LogP contribution < -0.4 is 109 Å². The summed E-state index contributed by atoms with van der Waals surface area (Å²) in [4.78, 5) is 64.1. The molecular formula is C71H127N15O17. The van der Waals surface area contributed by atoms with E-state index in [1.807, 2.05) is 63.4 Å². The number of carbonyl (C=O) groups excluding carboxylic acids is 5. The molecule has 0 aliphatic heterocycles. The lowest BCUT2D eigenvalue weighted by molar-refractivity contribution is -0.127. The Morgan fingerprint density at radius 3 is 0.738 bits per heavy atom. The first-order chi connectivity index (χ1) is 50.1. The zero-order valence-electron chi connectivity index (χ0n) is 63.0. The maximum atomic E-state index is 13.3. The Morgan fingerprint density at radius 1 is 0.301 bits per heavy atom. The van der Waals surface area contributed by atoms with Gasteiger partial charge in [0, 0.05) is 145 Å². The van der Waals surface area contributed by atoms with Crippen LogP contribution in [0.15, 0.2) is 54.6 Å². The van der Waals surface area contributed by atoms with Crippen molar-refractivity contribution in [1.82, 2.24) is 69.1 Å². The average Bonchev–Trinajstić information content (AvgIpc) is 0.847. The van der Waals surface area contributed by atoms with Crippen LogP contribution >= 0.6 is 0 Å². The van der Waals surface area contributed by atoms with Crippen molar-refractivity contribution in [1.29, 1.82) is 0 Å². The zero-order chi connectivity index (χ0) is 75.3. The molecule has 0 radical (unpaired) electrons. The minimum atomic E-state index is -0.992. The van der Waals surface area contributed by atoms with Crippen LogP contribution in [0.2, 0.25) is 0 Å². The van der Waals surface area contributed by atoms with Gasteiger partial charge in [0.1, 0.15) is 79.7 Å². The van der Waals surface area contributed by atoms with Crippen molar-refractivity contribution < 1.29 is 80.8 Å². The number of carbonyl (C=O) groups is 5. The molecule has 0 saturated heterocycles. The lowest BCUT2D eigenvalue weighted by atomic mass is 9.86. The molecule has 0 aliphatic rings. The zero-order valence-corrected chi connectivity index (χ0v) is 63.0. The number of likely N-dealkylation sites (N-methyl/N-ethyl adjacent to an activating group) is 6. The second kappa shape index (κ2) is 60.3. The predicted molar refractivity (Wildman–Crippen MR) is 399 cm³/mol. The Kier molecular flexibility index (Phi) is 53.9. The van der Waals surface area contributed by atoms with Gasteiger partial charge in [-0.3, -0.25) is 19.2 Å². The normalized spacial score (nSPS) is 11.3. The fourth-order valence-electron chi connectivity index (χ4n) is 9.53. The molecule has 32 nitrogen and oxygen atoms in total. The summed E-state index contributed by atoms with van der Waals surface area (Å²) in [5, 5.41) is 39.1. The minimum Gasteiger partial charge on any atom is -0.492 e. The van der Waals surface area contributed by atoms with Gasteiger partial charge in [-0.1, -0.05) is 0 Å². The third-order valence-corrected chi connectivity index (χ3v) is 14.8. The molecule has 3 rings (SSSR count). The van der Waals surface area contributed by atoms with E-state index < -0.39 is 22.9 Å². The summed E-state index contributed by atoms with van der Waals surface area (Å²) in [6.45, 7) is 13.2. The van der Waals surface area contributed by atoms with Gasteiger partial charge in [0.15, 0.2) is 0 Å². The smallest absolute Gasteiger partial charge is 0.312 e. The van der Waals surface area contributed by atoms with E-state index >= 15 is 0 Å². The van der Waals surface area contributed by atoms with Gasteiger partial charge in [-0.2, -0.15) is 0 Å². The number of hydrogen-bond acceptors (Lipinski definition) is 26. The van der Waals surface area contributed by atoms with E-state index in [9.17, 15) is 24.0 Å². The number of primary amides is 2. The molecular weight excluding hydrogens is 1330 g/mol. The number of amides is 6. The van der Waals surface area contributed by atoms with E-state index in [4.69, 9.17) is 68.3 Å². The van der Waals surface area contributed by atoms with Crippen LogP contribution in [0, 0.1) is 5.41 Å². The quantitative estimate of drug-likeness (QED) is 0.0336. The Labute approximate surface area is 611 Å². The number of nitrogens with two attached hydrogens (primary N) is 2. The van der Waals surface area contributed by atoms with Gasteiger partial charge in [0.05, 0.1) is 39.6 Å². The molecule has 0 spiro atoms. The largest absolute Gasteiger partial charge is 0.492 e. The number of ether oxygens (including phenoxy) is 12. The molecule has 17 N–H and O–H groups in total. The van der Waals surface area contributed by atoms with Crippen LogP contribution in [0.25, 0.3) is 0 Å². The first-order valence-corrected chi connectivity index (χ1v) is 35.8. The van der Waals surface area contributed by atoms with Crippen molar-refractivity contribution >= 4 is 29.7 Å². The summed E-state index contributed by atoms with van der Waals surface area (Å²) in [6, 6.07) is 14.7. The summed E-state index contributed by atoms with van der Waals surface area (Å²) in [5.41, 5.74) is 10.6. The van der Waals surface area contributed by atoms with Gasteiger partial charge >= 0.3 is 6.03 Å². The van der Waals surface area contributed by atoms with Crippen LogP contribution in [-0.2, 0) is 33.2 Å².